The molecular formula is C16H19BrN2. The number of hydrogen-bond acceptors (Lipinski definition) is 2. The molecule has 0 amide bonds. The number of nitrogens with one attached hydrogen (secondary N) is 1. The lowest BCUT2D eigenvalue weighted by atomic mass is 10.00. The van der Waals surface area contributed by atoms with E-state index in [2.05, 4.69) is 64.3 Å². The van der Waals surface area contributed by atoms with E-state index in [1.807, 2.05) is 18.3 Å². The Morgan fingerprint density at radius 2 is 2.11 bits per heavy atom. The molecule has 0 spiro atoms. The van der Waals surface area contributed by atoms with Crippen LogP contribution in [0.2, 0.25) is 0 Å². The van der Waals surface area contributed by atoms with Crippen LogP contribution in [0.3, 0.4) is 0 Å². The largest absolute Gasteiger partial charge is 0.310 e. The van der Waals surface area contributed by atoms with Gasteiger partial charge < -0.3 is 5.32 Å². The van der Waals surface area contributed by atoms with Crippen molar-refractivity contribution in [1.82, 2.24) is 10.3 Å². The van der Waals surface area contributed by atoms with E-state index in [4.69, 9.17) is 0 Å². The maximum atomic E-state index is 4.42. The predicted octanol–water partition coefficient (Wildman–Crippen LogP) is 4.05. The van der Waals surface area contributed by atoms with Crippen LogP contribution in [0.15, 0.2) is 47.1 Å². The number of benzene rings is 1. The second-order valence-electron chi connectivity index (χ2n) is 4.70. The van der Waals surface area contributed by atoms with Crippen molar-refractivity contribution in [2.45, 2.75) is 26.3 Å². The highest BCUT2D eigenvalue weighted by Crippen LogP contribution is 2.23. The van der Waals surface area contributed by atoms with Gasteiger partial charge in [0, 0.05) is 28.8 Å². The highest BCUT2D eigenvalue weighted by molar-refractivity contribution is 9.10. The second-order valence-corrected chi connectivity index (χ2v) is 5.61. The van der Waals surface area contributed by atoms with E-state index in [1.54, 1.807) is 0 Å². The van der Waals surface area contributed by atoms with Gasteiger partial charge in [-0.1, -0.05) is 35.0 Å². The van der Waals surface area contributed by atoms with Gasteiger partial charge in [-0.3, -0.25) is 4.98 Å². The molecular weight excluding hydrogens is 300 g/mol. The molecule has 1 atom stereocenters. The van der Waals surface area contributed by atoms with Crippen LogP contribution in [0.25, 0.3) is 0 Å². The fraction of sp³-hybridized carbons (Fsp3) is 0.312. The van der Waals surface area contributed by atoms with E-state index >= 15 is 0 Å². The first-order valence-electron chi connectivity index (χ1n) is 6.59. The first-order valence-corrected chi connectivity index (χ1v) is 7.38. The summed E-state index contributed by atoms with van der Waals surface area (Å²) in [6.07, 6.45) is 2.76. The third-order valence-electron chi connectivity index (χ3n) is 3.06. The molecule has 3 heteroatoms. The van der Waals surface area contributed by atoms with Crippen LogP contribution >= 0.6 is 15.9 Å². The summed E-state index contributed by atoms with van der Waals surface area (Å²) in [5.41, 5.74) is 3.69. The van der Waals surface area contributed by atoms with Gasteiger partial charge in [-0.15, -0.1) is 0 Å². The summed E-state index contributed by atoms with van der Waals surface area (Å²) >= 11 is 3.57. The minimum atomic E-state index is 0.302. The van der Waals surface area contributed by atoms with E-state index in [0.717, 1.165) is 23.1 Å². The summed E-state index contributed by atoms with van der Waals surface area (Å²) in [6, 6.07) is 12.9. The van der Waals surface area contributed by atoms with Crippen LogP contribution < -0.4 is 5.32 Å². The topological polar surface area (TPSA) is 24.9 Å². The number of pyridine rings is 1. The number of aryl methyl sites for hydroxylation is 1. The van der Waals surface area contributed by atoms with E-state index in [0.29, 0.717) is 6.04 Å². The Bertz CT molecular complexity index is 505. The first-order chi connectivity index (χ1) is 9.19. The van der Waals surface area contributed by atoms with Gasteiger partial charge in [0.2, 0.25) is 0 Å². The minimum absolute atomic E-state index is 0.302. The maximum Gasteiger partial charge on any atom is 0.0422 e. The summed E-state index contributed by atoms with van der Waals surface area (Å²) in [4.78, 5) is 4.42. The van der Waals surface area contributed by atoms with E-state index in [9.17, 15) is 0 Å². The number of nitrogens with zero attached hydrogens (tertiary/aromatic N) is 1. The molecule has 0 radical (unpaired) electrons. The average molecular weight is 319 g/mol. The lowest BCUT2D eigenvalue weighted by Gasteiger charge is -2.19. The fourth-order valence-electron chi connectivity index (χ4n) is 2.25. The number of hydrogen-bond donors (Lipinski definition) is 1. The summed E-state index contributed by atoms with van der Waals surface area (Å²) in [5, 5.41) is 3.54. The fourth-order valence-corrected chi connectivity index (χ4v) is 2.87. The van der Waals surface area contributed by atoms with Crippen LogP contribution in [0.1, 0.15) is 29.8 Å². The van der Waals surface area contributed by atoms with E-state index in [1.165, 1.54) is 11.1 Å². The van der Waals surface area contributed by atoms with Crippen molar-refractivity contribution in [3.05, 3.63) is 63.9 Å². The molecule has 0 saturated heterocycles. The van der Waals surface area contributed by atoms with Gasteiger partial charge in [0.15, 0.2) is 0 Å². The summed E-state index contributed by atoms with van der Waals surface area (Å²) < 4.78 is 1.13. The van der Waals surface area contributed by atoms with Crippen LogP contribution in [0.5, 0.6) is 0 Å². The van der Waals surface area contributed by atoms with Gasteiger partial charge in [-0.05, 0) is 48.9 Å². The molecule has 0 aliphatic carbocycles. The molecule has 0 aliphatic rings. The molecule has 2 rings (SSSR count). The van der Waals surface area contributed by atoms with Gasteiger partial charge >= 0.3 is 0 Å². The van der Waals surface area contributed by atoms with Crippen LogP contribution in [0.4, 0.5) is 0 Å². The van der Waals surface area contributed by atoms with Gasteiger partial charge in [-0.25, -0.2) is 0 Å². The van der Waals surface area contributed by atoms with Crippen LogP contribution in [0, 0.1) is 6.92 Å². The number of likely N-dealkylation sites (N-methyl/N-ethyl adjacent to an activating group) is 1. The van der Waals surface area contributed by atoms with Crippen molar-refractivity contribution in [1.29, 1.82) is 0 Å². The molecule has 100 valence electrons. The zero-order valence-corrected chi connectivity index (χ0v) is 12.9. The van der Waals surface area contributed by atoms with Gasteiger partial charge in [0.05, 0.1) is 0 Å². The Morgan fingerprint density at radius 1 is 1.26 bits per heavy atom. The Labute approximate surface area is 123 Å². The van der Waals surface area contributed by atoms with E-state index in [-0.39, 0.29) is 0 Å². The maximum absolute atomic E-state index is 4.42. The van der Waals surface area contributed by atoms with Crippen molar-refractivity contribution >= 4 is 15.9 Å². The van der Waals surface area contributed by atoms with Crippen LogP contribution in [-0.2, 0) is 6.42 Å². The Balaban J connectivity index is 2.24. The monoisotopic (exact) mass is 318 g/mol. The smallest absolute Gasteiger partial charge is 0.0422 e. The average Bonchev–Trinajstić information content (AvgIpc) is 2.38. The molecule has 0 aliphatic heterocycles. The molecule has 19 heavy (non-hydrogen) atoms. The summed E-state index contributed by atoms with van der Waals surface area (Å²) in [5.74, 6) is 0. The minimum Gasteiger partial charge on any atom is -0.310 e. The van der Waals surface area contributed by atoms with Crippen molar-refractivity contribution in [2.24, 2.45) is 0 Å². The molecule has 0 bridgehead atoms. The zero-order chi connectivity index (χ0) is 13.7. The quantitative estimate of drug-likeness (QED) is 0.899. The van der Waals surface area contributed by atoms with Crippen molar-refractivity contribution in [3.63, 3.8) is 0 Å². The predicted molar refractivity (Wildman–Crippen MR) is 83.2 cm³/mol. The third kappa shape index (κ3) is 4.15. The van der Waals surface area contributed by atoms with Gasteiger partial charge in [0.1, 0.15) is 0 Å². The molecule has 0 saturated carbocycles. The highest BCUT2D eigenvalue weighted by Gasteiger charge is 2.12. The molecule has 1 aromatic heterocycles. The molecule has 1 N–H and O–H groups in total. The normalized spacial score (nSPS) is 12.4. The SMILES string of the molecule is CCNC(Cc1ccccn1)c1cc(C)cc(Br)c1. The molecule has 0 fully saturated rings. The molecule has 1 aromatic carbocycles. The van der Waals surface area contributed by atoms with Crippen LogP contribution in [-0.4, -0.2) is 11.5 Å². The highest BCUT2D eigenvalue weighted by atomic mass is 79.9. The standard InChI is InChI=1S/C16H19BrN2/c1-3-18-16(11-15-6-4-5-7-19-15)13-8-12(2)9-14(17)10-13/h4-10,16,18H,3,11H2,1-2H3. The molecule has 1 heterocycles. The third-order valence-corrected chi connectivity index (χ3v) is 3.51. The Kier molecular flexibility index (Phi) is 5.11. The summed E-state index contributed by atoms with van der Waals surface area (Å²) in [7, 11) is 0. The zero-order valence-electron chi connectivity index (χ0n) is 11.4. The molecule has 2 nitrogen and oxygen atoms in total. The van der Waals surface area contributed by atoms with Crippen molar-refractivity contribution in [2.75, 3.05) is 6.54 Å². The van der Waals surface area contributed by atoms with Crippen molar-refractivity contribution < 1.29 is 0 Å². The summed E-state index contributed by atoms with van der Waals surface area (Å²) in [6.45, 7) is 5.21. The Hall–Kier alpha value is -1.19. The van der Waals surface area contributed by atoms with Gasteiger partial charge in [0.25, 0.3) is 0 Å². The number of halogens is 1. The molecule has 2 aromatic rings. The number of rotatable bonds is 5. The second kappa shape index (κ2) is 6.83. The number of aromatic nitrogens is 1. The first kappa shape index (κ1) is 14.2. The van der Waals surface area contributed by atoms with Gasteiger partial charge in [-0.2, -0.15) is 0 Å². The van der Waals surface area contributed by atoms with E-state index < -0.39 is 0 Å². The Morgan fingerprint density at radius 3 is 2.74 bits per heavy atom. The lowest BCUT2D eigenvalue weighted by Crippen LogP contribution is -2.23. The van der Waals surface area contributed by atoms with Crippen molar-refractivity contribution in [3.8, 4) is 0 Å². The lowest BCUT2D eigenvalue weighted by molar-refractivity contribution is 0.543. The molecule has 1 unspecified atom stereocenters.